The smallest absolute Gasteiger partial charge is 0.409 e. The molecule has 0 aromatic heterocycles. The summed E-state index contributed by atoms with van der Waals surface area (Å²) in [5.74, 6) is -1.37. The lowest BCUT2D eigenvalue weighted by atomic mass is 9.97. The number of alkyl carbamates (subject to hydrolysis) is 1. The van der Waals surface area contributed by atoms with E-state index in [1.807, 2.05) is 48.5 Å². The Morgan fingerprint density at radius 2 is 1.67 bits per heavy atom. The number of amides is 2. The first-order chi connectivity index (χ1) is 15.8. The minimum absolute atomic E-state index is 0.0355. The van der Waals surface area contributed by atoms with E-state index >= 15 is 0 Å². The van der Waals surface area contributed by atoms with Crippen molar-refractivity contribution in [2.75, 3.05) is 26.8 Å². The van der Waals surface area contributed by atoms with Crippen molar-refractivity contribution in [1.29, 1.82) is 0 Å². The average molecular weight is 453 g/mol. The Kier molecular flexibility index (Phi) is 7.37. The van der Waals surface area contributed by atoms with Crippen LogP contribution in [0.2, 0.25) is 0 Å². The third-order valence-corrected chi connectivity index (χ3v) is 5.78. The lowest BCUT2D eigenvalue weighted by molar-refractivity contribution is -0.144. The molecule has 1 aliphatic carbocycles. The monoisotopic (exact) mass is 452 g/mol. The molecule has 2 aromatic carbocycles. The summed E-state index contributed by atoms with van der Waals surface area (Å²) in [6.07, 6.45) is -0.0414. The Hall–Kier alpha value is -3.81. The Bertz CT molecular complexity index is 1010. The van der Waals surface area contributed by atoms with Gasteiger partial charge in [0.05, 0.1) is 0 Å². The van der Waals surface area contributed by atoms with Crippen molar-refractivity contribution in [3.63, 3.8) is 0 Å². The van der Waals surface area contributed by atoms with Crippen LogP contribution in [0.15, 0.2) is 61.2 Å². The number of hydrogen-bond acceptors (Lipinski definition) is 5. The van der Waals surface area contributed by atoms with Crippen LogP contribution < -0.4 is 5.32 Å². The van der Waals surface area contributed by atoms with Gasteiger partial charge >= 0.3 is 18.2 Å². The van der Waals surface area contributed by atoms with Gasteiger partial charge in [0, 0.05) is 19.5 Å². The molecule has 0 saturated carbocycles. The van der Waals surface area contributed by atoms with Crippen LogP contribution in [0.3, 0.4) is 0 Å². The summed E-state index contributed by atoms with van der Waals surface area (Å²) in [6, 6.07) is 15.9. The molecule has 1 atom stereocenters. The Balaban J connectivity index is 1.62. The molecule has 8 nitrogen and oxygen atoms in total. The zero-order valence-electron chi connectivity index (χ0n) is 18.7. The van der Waals surface area contributed by atoms with Gasteiger partial charge in [-0.1, -0.05) is 61.2 Å². The molecule has 1 aliphatic rings. The van der Waals surface area contributed by atoms with Crippen LogP contribution in [-0.2, 0) is 14.3 Å². The highest BCUT2D eigenvalue weighted by atomic mass is 16.6. The number of nitrogens with zero attached hydrogens (tertiary/aromatic N) is 1. The number of benzene rings is 2. The summed E-state index contributed by atoms with van der Waals surface area (Å²) in [4.78, 5) is 37.5. The van der Waals surface area contributed by atoms with Crippen molar-refractivity contribution < 1.29 is 29.0 Å². The molecule has 0 aliphatic heterocycles. The molecule has 0 radical (unpaired) electrons. The molecular weight excluding hydrogens is 424 g/mol. The quantitative estimate of drug-likeness (QED) is 0.557. The van der Waals surface area contributed by atoms with Gasteiger partial charge in [-0.2, -0.15) is 0 Å². The molecule has 0 bridgehead atoms. The van der Waals surface area contributed by atoms with E-state index in [1.54, 1.807) is 0 Å². The van der Waals surface area contributed by atoms with E-state index < -0.39 is 23.7 Å². The van der Waals surface area contributed by atoms with Gasteiger partial charge in [0.1, 0.15) is 18.8 Å². The first kappa shape index (κ1) is 23.8. The molecule has 0 heterocycles. The SMILES string of the molecule is C=CCOC(=O)N(C)CC[C@](C)(NC(=O)OCC1c2ccccc2-c2ccccc21)C(=O)O. The predicted octanol–water partition coefficient (Wildman–Crippen LogP) is 4.01. The topological polar surface area (TPSA) is 105 Å². The summed E-state index contributed by atoms with van der Waals surface area (Å²) >= 11 is 0. The van der Waals surface area contributed by atoms with Crippen molar-refractivity contribution in [2.24, 2.45) is 0 Å². The normalized spacial score (nSPS) is 13.8. The zero-order valence-corrected chi connectivity index (χ0v) is 18.7. The largest absolute Gasteiger partial charge is 0.480 e. The number of carbonyl (C=O) groups excluding carboxylic acids is 2. The number of aliphatic carboxylic acids is 1. The minimum atomic E-state index is -1.63. The van der Waals surface area contributed by atoms with Gasteiger partial charge in [-0.25, -0.2) is 14.4 Å². The van der Waals surface area contributed by atoms with E-state index in [1.165, 1.54) is 24.9 Å². The van der Waals surface area contributed by atoms with Crippen LogP contribution in [0.5, 0.6) is 0 Å². The molecule has 2 aromatic rings. The minimum Gasteiger partial charge on any atom is -0.480 e. The maximum atomic E-state index is 12.6. The van der Waals surface area contributed by atoms with Crippen LogP contribution in [0.25, 0.3) is 11.1 Å². The molecule has 2 N–H and O–H groups in total. The molecule has 0 saturated heterocycles. The fraction of sp³-hybridized carbons (Fsp3) is 0.320. The second-order valence-electron chi connectivity index (χ2n) is 8.12. The van der Waals surface area contributed by atoms with Gasteiger partial charge in [-0.15, -0.1) is 0 Å². The van der Waals surface area contributed by atoms with Crippen LogP contribution in [0.1, 0.15) is 30.4 Å². The van der Waals surface area contributed by atoms with Crippen molar-refractivity contribution >= 4 is 18.2 Å². The fourth-order valence-corrected chi connectivity index (χ4v) is 3.81. The van der Waals surface area contributed by atoms with Crippen molar-refractivity contribution in [3.8, 4) is 11.1 Å². The van der Waals surface area contributed by atoms with Crippen molar-refractivity contribution in [1.82, 2.24) is 10.2 Å². The summed E-state index contributed by atoms with van der Waals surface area (Å²) in [6.45, 7) is 5.03. The van der Waals surface area contributed by atoms with Crippen LogP contribution in [-0.4, -0.2) is 60.5 Å². The summed E-state index contributed by atoms with van der Waals surface area (Å²) in [5, 5.41) is 12.1. The molecule has 2 amide bonds. The van der Waals surface area contributed by atoms with E-state index in [-0.39, 0.29) is 32.1 Å². The third kappa shape index (κ3) is 5.34. The number of rotatable bonds is 9. The highest BCUT2D eigenvalue weighted by Gasteiger charge is 2.37. The van der Waals surface area contributed by atoms with Gasteiger partial charge in [-0.05, 0) is 35.6 Å². The Morgan fingerprint density at radius 3 is 2.21 bits per heavy atom. The lowest BCUT2D eigenvalue weighted by Crippen LogP contribution is -2.54. The van der Waals surface area contributed by atoms with E-state index in [0.717, 1.165) is 22.3 Å². The fourth-order valence-electron chi connectivity index (χ4n) is 3.81. The van der Waals surface area contributed by atoms with E-state index in [0.29, 0.717) is 0 Å². The number of fused-ring (bicyclic) bond motifs is 3. The van der Waals surface area contributed by atoms with Crippen LogP contribution >= 0.6 is 0 Å². The molecular formula is C25H28N2O6. The first-order valence-electron chi connectivity index (χ1n) is 10.6. The molecule has 0 unspecified atom stereocenters. The summed E-state index contributed by atoms with van der Waals surface area (Å²) in [5.41, 5.74) is 2.70. The molecule has 0 spiro atoms. The predicted molar refractivity (Wildman–Crippen MR) is 123 cm³/mol. The summed E-state index contributed by atoms with van der Waals surface area (Å²) in [7, 11) is 1.49. The maximum absolute atomic E-state index is 12.6. The molecule has 8 heteroatoms. The van der Waals surface area contributed by atoms with Crippen LogP contribution in [0.4, 0.5) is 9.59 Å². The molecule has 174 valence electrons. The summed E-state index contributed by atoms with van der Waals surface area (Å²) < 4.78 is 10.4. The number of hydrogen-bond donors (Lipinski definition) is 2. The van der Waals surface area contributed by atoms with Gasteiger partial charge in [0.15, 0.2) is 0 Å². The van der Waals surface area contributed by atoms with E-state index in [2.05, 4.69) is 11.9 Å². The number of carboxylic acid groups (broad SMARTS) is 1. The highest BCUT2D eigenvalue weighted by molar-refractivity contribution is 5.84. The highest BCUT2D eigenvalue weighted by Crippen LogP contribution is 2.44. The van der Waals surface area contributed by atoms with Gasteiger partial charge in [0.2, 0.25) is 0 Å². The number of nitrogens with one attached hydrogen (secondary N) is 1. The average Bonchev–Trinajstić information content (AvgIpc) is 3.13. The lowest BCUT2D eigenvalue weighted by Gasteiger charge is -2.28. The van der Waals surface area contributed by atoms with Gasteiger partial charge < -0.3 is 24.8 Å². The number of ether oxygens (including phenoxy) is 2. The second-order valence-corrected chi connectivity index (χ2v) is 8.12. The van der Waals surface area contributed by atoms with Crippen LogP contribution in [0, 0.1) is 0 Å². The van der Waals surface area contributed by atoms with E-state index in [9.17, 15) is 19.5 Å². The molecule has 3 rings (SSSR count). The first-order valence-corrected chi connectivity index (χ1v) is 10.6. The van der Waals surface area contributed by atoms with Crippen molar-refractivity contribution in [2.45, 2.75) is 24.8 Å². The third-order valence-electron chi connectivity index (χ3n) is 5.78. The zero-order chi connectivity index (χ0) is 24.0. The second kappa shape index (κ2) is 10.2. The molecule has 0 fully saturated rings. The van der Waals surface area contributed by atoms with Crippen molar-refractivity contribution in [3.05, 3.63) is 72.3 Å². The Labute approximate surface area is 192 Å². The van der Waals surface area contributed by atoms with E-state index in [4.69, 9.17) is 9.47 Å². The van der Waals surface area contributed by atoms with Gasteiger partial charge in [0.25, 0.3) is 0 Å². The Morgan fingerprint density at radius 1 is 1.09 bits per heavy atom. The number of carboxylic acids is 1. The van der Waals surface area contributed by atoms with Gasteiger partial charge in [-0.3, -0.25) is 0 Å². The maximum Gasteiger partial charge on any atom is 0.409 e. The molecule has 33 heavy (non-hydrogen) atoms. The standard InChI is InChI=1S/C25H28N2O6/c1-4-15-32-24(31)27(3)14-13-25(2,22(28)29)26-23(30)33-16-21-19-11-7-5-9-17(19)18-10-6-8-12-20(18)21/h4-12,21H,1,13-16H2,2-3H3,(H,26,30)(H,28,29)/t25-/m0/s1. The number of carbonyl (C=O) groups is 3.